The molecular formula is C19H16N2O5. The summed E-state index contributed by atoms with van der Waals surface area (Å²) in [6.45, 7) is 1.83. The number of hydrogen-bond donors (Lipinski definition) is 1. The fraction of sp³-hybridized carbons (Fsp3) is 0.211. The summed E-state index contributed by atoms with van der Waals surface area (Å²) in [5, 5.41) is 18.2. The van der Waals surface area contributed by atoms with E-state index in [0.717, 1.165) is 0 Å². The normalized spacial score (nSPS) is 14.7. The first kappa shape index (κ1) is 17.5. The van der Waals surface area contributed by atoms with Crippen molar-refractivity contribution in [2.75, 3.05) is 26.3 Å². The second-order valence-electron chi connectivity index (χ2n) is 5.66. The molecule has 3 rings (SSSR count). The van der Waals surface area contributed by atoms with E-state index in [2.05, 4.69) is 0 Å². The van der Waals surface area contributed by atoms with Gasteiger partial charge in [0, 0.05) is 24.7 Å². The van der Waals surface area contributed by atoms with E-state index in [1.807, 2.05) is 6.07 Å². The van der Waals surface area contributed by atoms with Gasteiger partial charge < -0.3 is 19.2 Å². The maximum absolute atomic E-state index is 12.4. The van der Waals surface area contributed by atoms with E-state index in [1.165, 1.54) is 18.2 Å². The Morgan fingerprint density at radius 2 is 1.81 bits per heavy atom. The molecule has 1 N–H and O–H groups in total. The van der Waals surface area contributed by atoms with Gasteiger partial charge in [-0.15, -0.1) is 0 Å². The number of nitrogens with zero attached hydrogens (tertiary/aromatic N) is 2. The molecular weight excluding hydrogens is 336 g/mol. The lowest BCUT2D eigenvalue weighted by molar-refractivity contribution is -0.130. The lowest BCUT2D eigenvalue weighted by Gasteiger charge is -2.26. The van der Waals surface area contributed by atoms with Gasteiger partial charge in [-0.3, -0.25) is 4.79 Å². The maximum Gasteiger partial charge on any atom is 0.335 e. The van der Waals surface area contributed by atoms with Crippen molar-refractivity contribution >= 4 is 18.0 Å². The van der Waals surface area contributed by atoms with Crippen LogP contribution < -0.4 is 0 Å². The molecule has 26 heavy (non-hydrogen) atoms. The molecule has 2 aromatic rings. The Morgan fingerprint density at radius 3 is 2.42 bits per heavy atom. The topological polar surface area (TPSA) is 104 Å². The molecule has 1 amide bonds. The fourth-order valence-corrected chi connectivity index (χ4v) is 2.58. The Balaban J connectivity index is 1.79. The van der Waals surface area contributed by atoms with Crippen LogP contribution in [-0.2, 0) is 9.53 Å². The van der Waals surface area contributed by atoms with E-state index >= 15 is 0 Å². The van der Waals surface area contributed by atoms with E-state index in [9.17, 15) is 14.9 Å². The summed E-state index contributed by atoms with van der Waals surface area (Å²) in [5.74, 6) is -0.454. The number of carbonyl (C=O) groups is 2. The summed E-state index contributed by atoms with van der Waals surface area (Å²) in [4.78, 5) is 24.9. The third-order valence-corrected chi connectivity index (χ3v) is 3.98. The summed E-state index contributed by atoms with van der Waals surface area (Å²) in [6.07, 6.45) is 1.41. The quantitative estimate of drug-likeness (QED) is 0.669. The van der Waals surface area contributed by atoms with E-state index in [1.54, 1.807) is 29.2 Å². The monoisotopic (exact) mass is 352 g/mol. The van der Waals surface area contributed by atoms with Crippen LogP contribution in [0.4, 0.5) is 0 Å². The van der Waals surface area contributed by atoms with Crippen molar-refractivity contribution in [2.45, 2.75) is 0 Å². The first-order valence-electron chi connectivity index (χ1n) is 8.01. The average Bonchev–Trinajstić information content (AvgIpc) is 3.15. The number of ether oxygens (including phenoxy) is 1. The van der Waals surface area contributed by atoms with Crippen LogP contribution in [-0.4, -0.2) is 48.2 Å². The van der Waals surface area contributed by atoms with Gasteiger partial charge in [0.15, 0.2) is 0 Å². The Labute approximate surface area is 149 Å². The number of morpholine rings is 1. The third-order valence-electron chi connectivity index (χ3n) is 3.98. The lowest BCUT2D eigenvalue weighted by Crippen LogP contribution is -2.41. The highest BCUT2D eigenvalue weighted by Crippen LogP contribution is 2.24. The van der Waals surface area contributed by atoms with Crippen LogP contribution in [0.1, 0.15) is 16.1 Å². The highest BCUT2D eigenvalue weighted by molar-refractivity contribution is 6.01. The minimum atomic E-state index is -1.00. The second-order valence-corrected chi connectivity index (χ2v) is 5.66. The number of carboxylic acid groups (broad SMARTS) is 1. The molecule has 0 radical (unpaired) electrons. The van der Waals surface area contributed by atoms with Crippen LogP contribution >= 0.6 is 0 Å². The number of benzene rings is 1. The van der Waals surface area contributed by atoms with Crippen molar-refractivity contribution in [1.82, 2.24) is 4.90 Å². The van der Waals surface area contributed by atoms with Gasteiger partial charge in [-0.05, 0) is 24.3 Å². The minimum absolute atomic E-state index is 0.00553. The molecule has 7 heteroatoms. The van der Waals surface area contributed by atoms with Crippen LogP contribution in [0.15, 0.2) is 46.4 Å². The van der Waals surface area contributed by atoms with Crippen LogP contribution in [0.25, 0.3) is 17.4 Å². The number of carbonyl (C=O) groups excluding carboxylic acids is 1. The van der Waals surface area contributed by atoms with Crippen molar-refractivity contribution in [3.05, 3.63) is 53.3 Å². The van der Waals surface area contributed by atoms with Gasteiger partial charge in [0.1, 0.15) is 23.2 Å². The number of nitriles is 1. The van der Waals surface area contributed by atoms with Crippen molar-refractivity contribution in [3.63, 3.8) is 0 Å². The molecule has 0 saturated carbocycles. The molecule has 0 bridgehead atoms. The zero-order valence-electron chi connectivity index (χ0n) is 13.8. The first-order valence-corrected chi connectivity index (χ1v) is 8.01. The van der Waals surface area contributed by atoms with Gasteiger partial charge in [0.2, 0.25) is 0 Å². The van der Waals surface area contributed by atoms with Crippen LogP contribution in [0.2, 0.25) is 0 Å². The van der Waals surface area contributed by atoms with E-state index < -0.39 is 5.97 Å². The highest BCUT2D eigenvalue weighted by atomic mass is 16.5. The summed E-state index contributed by atoms with van der Waals surface area (Å²) in [6, 6.07) is 11.5. The Hall–Kier alpha value is -3.37. The van der Waals surface area contributed by atoms with E-state index in [-0.39, 0.29) is 17.0 Å². The Morgan fingerprint density at radius 1 is 1.12 bits per heavy atom. The average molecular weight is 352 g/mol. The Bertz CT molecular complexity index is 883. The van der Waals surface area contributed by atoms with Crippen molar-refractivity contribution in [1.29, 1.82) is 5.26 Å². The molecule has 0 atom stereocenters. The smallest absolute Gasteiger partial charge is 0.335 e. The number of furan rings is 1. The predicted molar refractivity (Wildman–Crippen MR) is 92.1 cm³/mol. The van der Waals surface area contributed by atoms with Gasteiger partial charge in [0.05, 0.1) is 18.8 Å². The van der Waals surface area contributed by atoms with Crippen molar-refractivity contribution in [3.8, 4) is 17.4 Å². The summed E-state index contributed by atoms with van der Waals surface area (Å²) >= 11 is 0. The SMILES string of the molecule is N#C/C(=C\c1ccc(-c2ccc(C(=O)O)cc2)o1)C(=O)N1CCOCC1. The summed E-state index contributed by atoms with van der Waals surface area (Å²) < 4.78 is 10.9. The molecule has 132 valence electrons. The van der Waals surface area contributed by atoms with Crippen molar-refractivity contribution < 1.29 is 23.8 Å². The van der Waals surface area contributed by atoms with Gasteiger partial charge in [0.25, 0.3) is 5.91 Å². The molecule has 0 spiro atoms. The van der Waals surface area contributed by atoms with Gasteiger partial charge >= 0.3 is 5.97 Å². The second kappa shape index (κ2) is 7.68. The van der Waals surface area contributed by atoms with Crippen LogP contribution in [0, 0.1) is 11.3 Å². The number of rotatable bonds is 4. The Kier molecular flexibility index (Phi) is 5.15. The molecule has 0 unspecified atom stereocenters. The first-order chi connectivity index (χ1) is 12.6. The maximum atomic E-state index is 12.4. The van der Waals surface area contributed by atoms with Crippen LogP contribution in [0.3, 0.4) is 0 Å². The molecule has 1 aromatic heterocycles. The minimum Gasteiger partial charge on any atom is -0.478 e. The zero-order valence-corrected chi connectivity index (χ0v) is 13.8. The number of carboxylic acids is 1. The summed E-state index contributed by atoms with van der Waals surface area (Å²) in [5.41, 5.74) is 0.880. The number of aromatic carboxylic acids is 1. The third kappa shape index (κ3) is 3.82. The van der Waals surface area contributed by atoms with E-state index in [0.29, 0.717) is 43.4 Å². The van der Waals surface area contributed by atoms with Gasteiger partial charge in [-0.1, -0.05) is 12.1 Å². The molecule has 1 aromatic carbocycles. The van der Waals surface area contributed by atoms with E-state index in [4.69, 9.17) is 14.3 Å². The van der Waals surface area contributed by atoms with Crippen LogP contribution in [0.5, 0.6) is 0 Å². The molecule has 1 fully saturated rings. The molecule has 7 nitrogen and oxygen atoms in total. The fourth-order valence-electron chi connectivity index (χ4n) is 2.58. The molecule has 0 aliphatic carbocycles. The van der Waals surface area contributed by atoms with Crippen molar-refractivity contribution in [2.24, 2.45) is 0 Å². The molecule has 1 saturated heterocycles. The van der Waals surface area contributed by atoms with Gasteiger partial charge in [-0.2, -0.15) is 5.26 Å². The largest absolute Gasteiger partial charge is 0.478 e. The highest BCUT2D eigenvalue weighted by Gasteiger charge is 2.21. The number of amides is 1. The standard InChI is InChI=1S/C19H16N2O5/c20-12-15(18(22)21-7-9-25-10-8-21)11-16-5-6-17(26-16)13-1-3-14(4-2-13)19(23)24/h1-6,11H,7-10H2,(H,23,24)/b15-11+. The number of hydrogen-bond acceptors (Lipinski definition) is 5. The lowest BCUT2D eigenvalue weighted by atomic mass is 10.1. The molecule has 1 aliphatic heterocycles. The predicted octanol–water partition coefficient (Wildman–Crippen LogP) is 2.41. The zero-order chi connectivity index (χ0) is 18.5. The van der Waals surface area contributed by atoms with Gasteiger partial charge in [-0.25, -0.2) is 4.79 Å². The molecule has 1 aliphatic rings. The molecule has 2 heterocycles. The summed E-state index contributed by atoms with van der Waals surface area (Å²) in [7, 11) is 0.